The fourth-order valence-corrected chi connectivity index (χ4v) is 3.89. The van der Waals surface area contributed by atoms with Crippen LogP contribution in [-0.4, -0.2) is 33.5 Å². The van der Waals surface area contributed by atoms with Crippen LogP contribution in [0.3, 0.4) is 0 Å². The van der Waals surface area contributed by atoms with Crippen LogP contribution in [0, 0.1) is 0 Å². The molecule has 0 aliphatic carbocycles. The average Bonchev–Trinajstić information content (AvgIpc) is 3.11. The third-order valence-corrected chi connectivity index (χ3v) is 5.55. The molecule has 0 atom stereocenters. The largest absolute Gasteiger partial charge is 0.370 e. The zero-order chi connectivity index (χ0) is 19.9. The highest BCUT2D eigenvalue weighted by molar-refractivity contribution is 5.78. The summed E-state index contributed by atoms with van der Waals surface area (Å²) >= 11 is 0. The van der Waals surface area contributed by atoms with E-state index < -0.39 is 0 Å². The van der Waals surface area contributed by atoms with Gasteiger partial charge in [0.1, 0.15) is 0 Å². The van der Waals surface area contributed by atoms with Gasteiger partial charge in [-0.15, -0.1) is 0 Å². The highest BCUT2D eigenvalue weighted by atomic mass is 15.2. The summed E-state index contributed by atoms with van der Waals surface area (Å²) in [7, 11) is 0. The summed E-state index contributed by atoms with van der Waals surface area (Å²) in [5.74, 6) is 0.678. The lowest BCUT2D eigenvalue weighted by atomic mass is 9.98. The first-order valence-corrected chi connectivity index (χ1v) is 10.5. The Morgan fingerprint density at radius 1 is 0.966 bits per heavy atom. The van der Waals surface area contributed by atoms with Gasteiger partial charge in [-0.05, 0) is 35.1 Å². The van der Waals surface area contributed by atoms with Crippen LogP contribution in [0.5, 0.6) is 0 Å². The van der Waals surface area contributed by atoms with E-state index in [4.69, 9.17) is 10.7 Å². The molecular weight excluding hydrogens is 358 g/mol. The van der Waals surface area contributed by atoms with Gasteiger partial charge in [0.25, 0.3) is 0 Å². The van der Waals surface area contributed by atoms with E-state index in [0.717, 1.165) is 19.6 Å². The molecule has 0 amide bonds. The molecule has 0 spiro atoms. The van der Waals surface area contributed by atoms with Gasteiger partial charge in [-0.2, -0.15) is 0 Å². The van der Waals surface area contributed by atoms with Crippen molar-refractivity contribution in [2.45, 2.75) is 38.8 Å². The zero-order valence-corrected chi connectivity index (χ0v) is 16.9. The van der Waals surface area contributed by atoms with Crippen molar-refractivity contribution in [3.05, 3.63) is 78.4 Å². The van der Waals surface area contributed by atoms with E-state index >= 15 is 0 Å². The standard InChI is InChI=1S/C24H29N5/c25-24(29-14-5-1-2-6-15-29)27-17-22-7-3-4-8-23(22)21-11-9-20(10-12-21)18-28-16-13-26-19-28/h3-4,7-13,16,19H,1-2,5-6,14-15,17-18H2,(H2,25,27). The van der Waals surface area contributed by atoms with Crippen molar-refractivity contribution >= 4 is 5.96 Å². The summed E-state index contributed by atoms with van der Waals surface area (Å²) in [6, 6.07) is 17.2. The number of aromatic nitrogens is 2. The van der Waals surface area contributed by atoms with E-state index in [0.29, 0.717) is 12.5 Å². The number of hydrogen-bond acceptors (Lipinski definition) is 2. The molecule has 0 bridgehead atoms. The van der Waals surface area contributed by atoms with Gasteiger partial charge in [-0.25, -0.2) is 9.98 Å². The number of nitrogens with two attached hydrogens (primary N) is 1. The topological polar surface area (TPSA) is 59.4 Å². The molecule has 1 aliphatic heterocycles. The quantitative estimate of drug-likeness (QED) is 0.525. The van der Waals surface area contributed by atoms with E-state index in [1.54, 1.807) is 0 Å². The third kappa shape index (κ3) is 5.05. The normalized spacial score (nSPS) is 15.3. The minimum atomic E-state index is 0.606. The van der Waals surface area contributed by atoms with E-state index in [-0.39, 0.29) is 0 Å². The third-order valence-electron chi connectivity index (χ3n) is 5.55. The Kier molecular flexibility index (Phi) is 6.25. The maximum Gasteiger partial charge on any atom is 0.191 e. The Labute approximate surface area is 172 Å². The van der Waals surface area contributed by atoms with Crippen molar-refractivity contribution in [1.82, 2.24) is 14.5 Å². The first kappa shape index (κ1) is 19.2. The van der Waals surface area contributed by atoms with Crippen molar-refractivity contribution in [2.24, 2.45) is 10.7 Å². The predicted molar refractivity (Wildman–Crippen MR) is 119 cm³/mol. The molecule has 0 radical (unpaired) electrons. The molecule has 2 N–H and O–H groups in total. The minimum absolute atomic E-state index is 0.606. The molecule has 5 nitrogen and oxygen atoms in total. The monoisotopic (exact) mass is 387 g/mol. The van der Waals surface area contributed by atoms with Crippen LogP contribution in [0.25, 0.3) is 11.1 Å². The minimum Gasteiger partial charge on any atom is -0.370 e. The Bertz CT molecular complexity index is 920. The SMILES string of the molecule is NC(=NCc1ccccc1-c1ccc(Cn2ccnc2)cc1)N1CCCCCC1. The number of aliphatic imine (C=N–C) groups is 1. The van der Waals surface area contributed by atoms with E-state index in [9.17, 15) is 0 Å². The van der Waals surface area contributed by atoms with E-state index in [1.807, 2.05) is 18.7 Å². The highest BCUT2D eigenvalue weighted by Crippen LogP contribution is 2.25. The van der Waals surface area contributed by atoms with Crippen LogP contribution in [0.15, 0.2) is 72.2 Å². The molecule has 4 rings (SSSR count). The molecule has 150 valence electrons. The lowest BCUT2D eigenvalue weighted by Crippen LogP contribution is -2.38. The lowest BCUT2D eigenvalue weighted by molar-refractivity contribution is 0.428. The number of guanidine groups is 1. The molecule has 3 aromatic rings. The first-order valence-electron chi connectivity index (χ1n) is 10.5. The second-order valence-electron chi connectivity index (χ2n) is 7.66. The number of benzene rings is 2. The maximum absolute atomic E-state index is 6.31. The summed E-state index contributed by atoms with van der Waals surface area (Å²) in [6.07, 6.45) is 10.6. The smallest absolute Gasteiger partial charge is 0.191 e. The van der Waals surface area contributed by atoms with Crippen LogP contribution in [0.2, 0.25) is 0 Å². The van der Waals surface area contributed by atoms with Crippen LogP contribution < -0.4 is 5.73 Å². The molecular formula is C24H29N5. The van der Waals surface area contributed by atoms with Gasteiger partial charge in [0.05, 0.1) is 12.9 Å². The second-order valence-corrected chi connectivity index (χ2v) is 7.66. The fraction of sp³-hybridized carbons (Fsp3) is 0.333. The number of hydrogen-bond donors (Lipinski definition) is 1. The van der Waals surface area contributed by atoms with Crippen LogP contribution >= 0.6 is 0 Å². The van der Waals surface area contributed by atoms with E-state index in [2.05, 4.69) is 63.0 Å². The number of imidazole rings is 1. The van der Waals surface area contributed by atoms with Crippen molar-refractivity contribution in [2.75, 3.05) is 13.1 Å². The van der Waals surface area contributed by atoms with Crippen molar-refractivity contribution in [3.63, 3.8) is 0 Å². The zero-order valence-electron chi connectivity index (χ0n) is 16.9. The van der Waals surface area contributed by atoms with Crippen LogP contribution in [0.4, 0.5) is 0 Å². The number of likely N-dealkylation sites (tertiary alicyclic amines) is 1. The Morgan fingerprint density at radius 3 is 2.45 bits per heavy atom. The molecule has 0 unspecified atom stereocenters. The summed E-state index contributed by atoms with van der Waals surface area (Å²) < 4.78 is 2.07. The molecule has 1 fully saturated rings. The van der Waals surface area contributed by atoms with Crippen molar-refractivity contribution in [1.29, 1.82) is 0 Å². The number of rotatable bonds is 5. The molecule has 1 aromatic heterocycles. The molecule has 29 heavy (non-hydrogen) atoms. The summed E-state index contributed by atoms with van der Waals surface area (Å²) in [5.41, 5.74) is 11.2. The molecule has 0 saturated carbocycles. The Hall–Kier alpha value is -3.08. The van der Waals surface area contributed by atoms with Gasteiger partial charge in [0.15, 0.2) is 5.96 Å². The lowest BCUT2D eigenvalue weighted by Gasteiger charge is -2.21. The van der Waals surface area contributed by atoms with Gasteiger partial charge in [0.2, 0.25) is 0 Å². The predicted octanol–water partition coefficient (Wildman–Crippen LogP) is 4.29. The molecule has 5 heteroatoms. The van der Waals surface area contributed by atoms with Gasteiger partial charge >= 0.3 is 0 Å². The molecule has 1 saturated heterocycles. The molecule has 1 aliphatic rings. The average molecular weight is 388 g/mol. The summed E-state index contributed by atoms with van der Waals surface area (Å²) in [4.78, 5) is 11.1. The van der Waals surface area contributed by atoms with Crippen molar-refractivity contribution < 1.29 is 0 Å². The van der Waals surface area contributed by atoms with Gasteiger partial charge < -0.3 is 15.2 Å². The van der Waals surface area contributed by atoms with E-state index in [1.165, 1.54) is 47.9 Å². The highest BCUT2D eigenvalue weighted by Gasteiger charge is 2.11. The van der Waals surface area contributed by atoms with Crippen molar-refractivity contribution in [3.8, 4) is 11.1 Å². The summed E-state index contributed by atoms with van der Waals surface area (Å²) in [5, 5.41) is 0. The molecule has 2 heterocycles. The van der Waals surface area contributed by atoms with Gasteiger partial charge in [-0.1, -0.05) is 61.4 Å². The first-order chi connectivity index (χ1) is 14.3. The Morgan fingerprint density at radius 2 is 1.72 bits per heavy atom. The Balaban J connectivity index is 1.48. The molecule has 2 aromatic carbocycles. The van der Waals surface area contributed by atoms with Gasteiger partial charge in [-0.3, -0.25) is 0 Å². The van der Waals surface area contributed by atoms with Crippen LogP contribution in [0.1, 0.15) is 36.8 Å². The maximum atomic E-state index is 6.31. The fourth-order valence-electron chi connectivity index (χ4n) is 3.89. The van der Waals surface area contributed by atoms with Crippen LogP contribution in [-0.2, 0) is 13.1 Å². The van der Waals surface area contributed by atoms with Gasteiger partial charge in [0, 0.05) is 32.0 Å². The number of nitrogens with zero attached hydrogens (tertiary/aromatic N) is 4. The summed E-state index contributed by atoms with van der Waals surface area (Å²) in [6.45, 7) is 3.48. The second kappa shape index (κ2) is 9.41.